The van der Waals surface area contributed by atoms with Gasteiger partial charge in [-0.1, -0.05) is 24.6 Å². The van der Waals surface area contributed by atoms with E-state index in [4.69, 9.17) is 17.3 Å². The van der Waals surface area contributed by atoms with Crippen LogP contribution in [-0.4, -0.2) is 11.5 Å². The highest BCUT2D eigenvalue weighted by molar-refractivity contribution is 6.31. The lowest BCUT2D eigenvalue weighted by atomic mass is 9.98. The highest BCUT2D eigenvalue weighted by Gasteiger charge is 2.18. The second-order valence-electron chi connectivity index (χ2n) is 4.92. The molecule has 0 radical (unpaired) electrons. The Kier molecular flexibility index (Phi) is 5.53. The topological polar surface area (TPSA) is 50.9 Å². The molecular formula is C16H19ClFN3. The van der Waals surface area contributed by atoms with Gasteiger partial charge < -0.3 is 11.1 Å². The van der Waals surface area contributed by atoms with Crippen LogP contribution in [0.25, 0.3) is 0 Å². The average molecular weight is 308 g/mol. The summed E-state index contributed by atoms with van der Waals surface area (Å²) in [5, 5.41) is 3.82. The minimum absolute atomic E-state index is 0.118. The molecule has 0 bridgehead atoms. The summed E-state index contributed by atoms with van der Waals surface area (Å²) in [7, 11) is 0. The monoisotopic (exact) mass is 307 g/mol. The quantitative estimate of drug-likeness (QED) is 0.854. The smallest absolute Gasteiger partial charge is 0.127 e. The zero-order valence-electron chi connectivity index (χ0n) is 11.9. The summed E-state index contributed by atoms with van der Waals surface area (Å²) >= 11 is 6.12. The van der Waals surface area contributed by atoms with Crippen molar-refractivity contribution in [2.75, 3.05) is 12.3 Å². The van der Waals surface area contributed by atoms with Crippen molar-refractivity contribution in [2.24, 2.45) is 0 Å². The highest BCUT2D eigenvalue weighted by atomic mass is 35.5. The van der Waals surface area contributed by atoms with E-state index in [1.165, 1.54) is 6.07 Å². The lowest BCUT2D eigenvalue weighted by molar-refractivity contribution is 0.513. The summed E-state index contributed by atoms with van der Waals surface area (Å²) in [6, 6.07) is 6.36. The maximum Gasteiger partial charge on any atom is 0.127 e. The maximum absolute atomic E-state index is 14.0. The number of hydrogen-bond donors (Lipinski definition) is 2. The van der Waals surface area contributed by atoms with Gasteiger partial charge in [0, 0.05) is 40.3 Å². The van der Waals surface area contributed by atoms with Crippen LogP contribution >= 0.6 is 11.6 Å². The molecule has 1 aromatic heterocycles. The summed E-state index contributed by atoms with van der Waals surface area (Å²) in [6.45, 7) is 2.89. The van der Waals surface area contributed by atoms with E-state index in [-0.39, 0.29) is 11.9 Å². The summed E-state index contributed by atoms with van der Waals surface area (Å²) in [4.78, 5) is 4.11. The Bertz CT molecular complexity index is 584. The molecule has 0 saturated carbocycles. The number of halogens is 2. The number of nitrogen functional groups attached to an aromatic ring is 1. The van der Waals surface area contributed by atoms with Gasteiger partial charge in [0.05, 0.1) is 0 Å². The number of rotatable bonds is 6. The number of pyridine rings is 1. The van der Waals surface area contributed by atoms with E-state index in [1.54, 1.807) is 30.6 Å². The molecule has 0 saturated heterocycles. The van der Waals surface area contributed by atoms with Gasteiger partial charge in [-0.15, -0.1) is 0 Å². The molecule has 0 spiro atoms. The van der Waals surface area contributed by atoms with Crippen molar-refractivity contribution in [2.45, 2.75) is 25.8 Å². The maximum atomic E-state index is 14.0. The van der Waals surface area contributed by atoms with Gasteiger partial charge in [-0.2, -0.15) is 0 Å². The summed E-state index contributed by atoms with van der Waals surface area (Å²) in [5.74, 6) is -0.298. The highest BCUT2D eigenvalue weighted by Crippen LogP contribution is 2.28. The molecule has 2 aromatic rings. The van der Waals surface area contributed by atoms with E-state index < -0.39 is 0 Å². The standard InChI is InChI=1S/C16H19ClFN3/c1-2-7-21-16(12-10-20-8-6-15(12)19)9-11-13(17)4-3-5-14(11)18/h3-6,8,10,16,21H,2,7,9H2,1H3,(H2,19,20). The minimum Gasteiger partial charge on any atom is -0.398 e. The number of nitrogens with two attached hydrogens (primary N) is 1. The molecule has 1 aromatic carbocycles. The third kappa shape index (κ3) is 3.93. The van der Waals surface area contributed by atoms with Crippen molar-refractivity contribution < 1.29 is 4.39 Å². The third-order valence-electron chi connectivity index (χ3n) is 3.37. The van der Waals surface area contributed by atoms with Crippen LogP contribution in [0, 0.1) is 5.82 Å². The van der Waals surface area contributed by atoms with Gasteiger partial charge in [-0.3, -0.25) is 4.98 Å². The van der Waals surface area contributed by atoms with Crippen LogP contribution in [0.15, 0.2) is 36.7 Å². The van der Waals surface area contributed by atoms with Gasteiger partial charge in [0.2, 0.25) is 0 Å². The van der Waals surface area contributed by atoms with Gasteiger partial charge in [0.25, 0.3) is 0 Å². The molecule has 1 atom stereocenters. The molecule has 112 valence electrons. The van der Waals surface area contributed by atoms with Crippen LogP contribution < -0.4 is 11.1 Å². The largest absolute Gasteiger partial charge is 0.398 e. The lowest BCUT2D eigenvalue weighted by Crippen LogP contribution is -2.25. The van der Waals surface area contributed by atoms with Crippen molar-refractivity contribution in [3.63, 3.8) is 0 Å². The summed E-state index contributed by atoms with van der Waals surface area (Å²) in [5.41, 5.74) is 8.02. The lowest BCUT2D eigenvalue weighted by Gasteiger charge is -2.21. The van der Waals surface area contributed by atoms with Gasteiger partial charge in [-0.05, 0) is 37.6 Å². The first-order chi connectivity index (χ1) is 10.1. The Morgan fingerprint density at radius 3 is 2.86 bits per heavy atom. The zero-order valence-corrected chi connectivity index (χ0v) is 12.7. The zero-order chi connectivity index (χ0) is 15.2. The SMILES string of the molecule is CCCNC(Cc1c(F)cccc1Cl)c1cnccc1N. The Morgan fingerprint density at radius 2 is 2.19 bits per heavy atom. The molecule has 0 aliphatic carbocycles. The molecule has 3 N–H and O–H groups in total. The van der Waals surface area contributed by atoms with E-state index in [2.05, 4.69) is 17.2 Å². The number of aromatic nitrogens is 1. The molecule has 5 heteroatoms. The molecule has 2 rings (SSSR count). The van der Waals surface area contributed by atoms with Gasteiger partial charge in [0.1, 0.15) is 5.82 Å². The minimum atomic E-state index is -0.298. The first-order valence-electron chi connectivity index (χ1n) is 6.99. The summed E-state index contributed by atoms with van der Waals surface area (Å²) < 4.78 is 14.0. The van der Waals surface area contributed by atoms with Crippen molar-refractivity contribution in [1.29, 1.82) is 0 Å². The first-order valence-corrected chi connectivity index (χ1v) is 7.37. The summed E-state index contributed by atoms with van der Waals surface area (Å²) in [6.07, 6.45) is 4.77. The molecule has 0 amide bonds. The first kappa shape index (κ1) is 15.7. The Morgan fingerprint density at radius 1 is 1.38 bits per heavy atom. The number of nitrogens with zero attached hydrogens (tertiary/aromatic N) is 1. The number of nitrogens with one attached hydrogen (secondary N) is 1. The van der Waals surface area contributed by atoms with Crippen molar-refractivity contribution in [1.82, 2.24) is 10.3 Å². The van der Waals surface area contributed by atoms with Crippen molar-refractivity contribution in [3.8, 4) is 0 Å². The van der Waals surface area contributed by atoms with Crippen LogP contribution in [0.4, 0.5) is 10.1 Å². The third-order valence-corrected chi connectivity index (χ3v) is 3.73. The average Bonchev–Trinajstić information content (AvgIpc) is 2.47. The number of hydrogen-bond acceptors (Lipinski definition) is 3. The molecule has 0 aliphatic rings. The fourth-order valence-electron chi connectivity index (χ4n) is 2.25. The molecule has 0 aliphatic heterocycles. The Labute approximate surface area is 129 Å². The number of anilines is 1. The Hall–Kier alpha value is -1.65. The fraction of sp³-hybridized carbons (Fsp3) is 0.312. The van der Waals surface area contributed by atoms with Gasteiger partial charge in [-0.25, -0.2) is 4.39 Å². The van der Waals surface area contributed by atoms with Crippen LogP contribution in [0.5, 0.6) is 0 Å². The Balaban J connectivity index is 2.31. The predicted molar refractivity (Wildman–Crippen MR) is 84.8 cm³/mol. The molecule has 3 nitrogen and oxygen atoms in total. The predicted octanol–water partition coefficient (Wildman–Crippen LogP) is 3.74. The van der Waals surface area contributed by atoms with E-state index in [9.17, 15) is 4.39 Å². The van der Waals surface area contributed by atoms with Crippen LogP contribution in [0.1, 0.15) is 30.5 Å². The van der Waals surface area contributed by atoms with E-state index in [0.29, 0.717) is 22.7 Å². The normalized spacial score (nSPS) is 12.3. The van der Waals surface area contributed by atoms with E-state index >= 15 is 0 Å². The second kappa shape index (κ2) is 7.38. The van der Waals surface area contributed by atoms with Gasteiger partial charge in [0.15, 0.2) is 0 Å². The second-order valence-corrected chi connectivity index (χ2v) is 5.32. The molecular weight excluding hydrogens is 289 g/mol. The van der Waals surface area contributed by atoms with Crippen LogP contribution in [0.3, 0.4) is 0 Å². The van der Waals surface area contributed by atoms with E-state index in [1.807, 2.05) is 0 Å². The molecule has 1 heterocycles. The van der Waals surface area contributed by atoms with Crippen molar-refractivity contribution in [3.05, 3.63) is 58.6 Å². The van der Waals surface area contributed by atoms with E-state index in [0.717, 1.165) is 18.5 Å². The van der Waals surface area contributed by atoms with Crippen LogP contribution in [-0.2, 0) is 6.42 Å². The fourth-order valence-corrected chi connectivity index (χ4v) is 2.49. The number of benzene rings is 1. The molecule has 1 unspecified atom stereocenters. The molecule has 21 heavy (non-hydrogen) atoms. The van der Waals surface area contributed by atoms with Gasteiger partial charge >= 0.3 is 0 Å². The molecule has 0 fully saturated rings. The van der Waals surface area contributed by atoms with Crippen LogP contribution in [0.2, 0.25) is 5.02 Å². The van der Waals surface area contributed by atoms with Crippen molar-refractivity contribution >= 4 is 17.3 Å².